The molecule has 0 bridgehead atoms. The quantitative estimate of drug-likeness (QED) is 0.441. The maximum Gasteiger partial charge on any atom is 0.264 e. The Bertz CT molecular complexity index is 1440. The van der Waals surface area contributed by atoms with E-state index < -0.39 is 24.3 Å². The topological polar surface area (TPSA) is 104 Å². The van der Waals surface area contributed by atoms with Crippen LogP contribution in [0.25, 0.3) is 0 Å². The Balaban J connectivity index is 1.37. The fraction of sp³-hybridized carbons (Fsp3) is 0.241. The first-order valence-electron chi connectivity index (χ1n) is 12.5. The summed E-state index contributed by atoms with van der Waals surface area (Å²) in [6.07, 6.45) is 2.16. The summed E-state index contributed by atoms with van der Waals surface area (Å²) in [6.45, 7) is -0.0319. The minimum atomic E-state index is -0.570. The van der Waals surface area contributed by atoms with Gasteiger partial charge in [-0.2, -0.15) is 0 Å². The van der Waals surface area contributed by atoms with Crippen LogP contribution in [0.5, 0.6) is 0 Å². The molecule has 2 atom stereocenters. The Morgan fingerprint density at radius 2 is 1.54 bits per heavy atom. The van der Waals surface area contributed by atoms with Gasteiger partial charge in [0.2, 0.25) is 11.8 Å². The lowest BCUT2D eigenvalue weighted by molar-refractivity contribution is -0.123. The van der Waals surface area contributed by atoms with Gasteiger partial charge in [-0.15, -0.1) is 0 Å². The molecule has 3 aromatic carbocycles. The Kier molecular flexibility index (Phi) is 5.52. The van der Waals surface area contributed by atoms with Gasteiger partial charge in [-0.1, -0.05) is 55.0 Å². The maximum absolute atomic E-state index is 13.9. The van der Waals surface area contributed by atoms with Crippen LogP contribution in [0.15, 0.2) is 72.8 Å². The first-order valence-corrected chi connectivity index (χ1v) is 12.5. The normalized spacial score (nSPS) is 20.5. The molecule has 8 heteroatoms. The highest BCUT2D eigenvalue weighted by molar-refractivity contribution is 6.25. The Morgan fingerprint density at radius 3 is 2.30 bits per heavy atom. The third-order valence-electron chi connectivity index (χ3n) is 7.60. The van der Waals surface area contributed by atoms with Crippen LogP contribution >= 0.6 is 0 Å². The van der Waals surface area contributed by atoms with Gasteiger partial charge < -0.3 is 15.5 Å². The summed E-state index contributed by atoms with van der Waals surface area (Å²) in [5.74, 6) is -1.87. The van der Waals surface area contributed by atoms with E-state index in [9.17, 15) is 19.2 Å². The van der Waals surface area contributed by atoms with Crippen molar-refractivity contribution in [2.45, 2.75) is 31.8 Å². The van der Waals surface area contributed by atoms with E-state index in [1.165, 1.54) is 0 Å². The van der Waals surface area contributed by atoms with Crippen molar-refractivity contribution in [2.24, 2.45) is 5.92 Å². The van der Waals surface area contributed by atoms with Crippen molar-refractivity contribution in [3.63, 3.8) is 0 Å². The zero-order valence-electron chi connectivity index (χ0n) is 20.2. The van der Waals surface area contributed by atoms with E-state index in [0.717, 1.165) is 16.9 Å². The SMILES string of the molecule is Nc1cccc2c1C(=O)N(CC(=O)N1c3ccccc3N(Cc3ccccc3)C(=O)[C@H]3CCC[C@H]31)C2=O. The number of anilines is 3. The smallest absolute Gasteiger partial charge is 0.264 e. The van der Waals surface area contributed by atoms with Crippen LogP contribution in [0.3, 0.4) is 0 Å². The summed E-state index contributed by atoms with van der Waals surface area (Å²) in [5, 5.41) is 0. The lowest BCUT2D eigenvalue weighted by Gasteiger charge is -2.31. The molecule has 3 aliphatic rings. The summed E-state index contributed by atoms with van der Waals surface area (Å²) in [5.41, 5.74) is 8.77. The average Bonchev–Trinajstić information content (AvgIpc) is 3.45. The molecule has 0 unspecified atom stereocenters. The number of nitrogens with zero attached hydrogens (tertiary/aromatic N) is 3. The van der Waals surface area contributed by atoms with Gasteiger partial charge in [0.1, 0.15) is 6.54 Å². The highest BCUT2D eigenvalue weighted by Gasteiger charge is 2.47. The summed E-state index contributed by atoms with van der Waals surface area (Å²) < 4.78 is 0. The van der Waals surface area contributed by atoms with E-state index in [-0.39, 0.29) is 34.7 Å². The largest absolute Gasteiger partial charge is 0.398 e. The highest BCUT2D eigenvalue weighted by Crippen LogP contribution is 2.43. The molecular weight excluding hydrogens is 468 g/mol. The molecule has 2 heterocycles. The number of hydrogen-bond acceptors (Lipinski definition) is 5. The molecule has 0 aromatic heterocycles. The molecule has 1 aliphatic carbocycles. The highest BCUT2D eigenvalue weighted by atomic mass is 16.2. The van der Waals surface area contributed by atoms with Gasteiger partial charge in [-0.05, 0) is 42.7 Å². The Labute approximate surface area is 214 Å². The van der Waals surface area contributed by atoms with E-state index in [1.54, 1.807) is 28.0 Å². The molecule has 2 aliphatic heterocycles. The lowest BCUT2D eigenvalue weighted by atomic mass is 10.0. The summed E-state index contributed by atoms with van der Waals surface area (Å²) in [4.78, 5) is 58.3. The van der Waals surface area contributed by atoms with Crippen LogP contribution in [0.1, 0.15) is 45.5 Å². The van der Waals surface area contributed by atoms with Crippen LogP contribution in [0.2, 0.25) is 0 Å². The number of nitrogens with two attached hydrogens (primary N) is 1. The third kappa shape index (κ3) is 3.67. The standard InChI is InChI=1S/C29H26N4O4/c30-21-12-6-11-20-26(21)29(37)32(28(20)36)17-25(34)33-22-15-7-10-19(22)27(35)31(16-18-8-2-1-3-9-18)23-13-4-5-14-24(23)33/h1-6,8-9,11-14,19,22H,7,10,15-17,30H2/t19-,22+/m0/s1. The third-order valence-corrected chi connectivity index (χ3v) is 7.60. The van der Waals surface area contributed by atoms with E-state index >= 15 is 0 Å². The number of nitrogen functional groups attached to an aromatic ring is 1. The minimum absolute atomic E-state index is 0.0115. The number of rotatable bonds is 4. The molecule has 2 N–H and O–H groups in total. The summed E-state index contributed by atoms with van der Waals surface area (Å²) in [7, 11) is 0. The lowest BCUT2D eigenvalue weighted by Crippen LogP contribution is -2.49. The van der Waals surface area contributed by atoms with Crippen molar-refractivity contribution in [3.8, 4) is 0 Å². The van der Waals surface area contributed by atoms with Crippen molar-refractivity contribution in [2.75, 3.05) is 22.1 Å². The van der Waals surface area contributed by atoms with Crippen LogP contribution in [0.4, 0.5) is 17.1 Å². The number of carbonyl (C=O) groups excluding carboxylic acids is 4. The molecule has 37 heavy (non-hydrogen) atoms. The molecule has 6 rings (SSSR count). The predicted molar refractivity (Wildman–Crippen MR) is 139 cm³/mol. The van der Waals surface area contributed by atoms with Crippen molar-refractivity contribution >= 4 is 40.7 Å². The number of hydrogen-bond donors (Lipinski definition) is 1. The van der Waals surface area contributed by atoms with Gasteiger partial charge in [0, 0.05) is 11.7 Å². The number of imide groups is 1. The summed E-state index contributed by atoms with van der Waals surface area (Å²) >= 11 is 0. The molecular formula is C29H26N4O4. The Morgan fingerprint density at radius 1 is 0.811 bits per heavy atom. The number of benzene rings is 3. The zero-order chi connectivity index (χ0) is 25.7. The molecule has 0 saturated heterocycles. The van der Waals surface area contributed by atoms with Crippen LogP contribution in [-0.4, -0.2) is 41.1 Å². The molecule has 8 nitrogen and oxygen atoms in total. The number of para-hydroxylation sites is 2. The molecule has 1 fully saturated rings. The summed E-state index contributed by atoms with van der Waals surface area (Å²) in [6, 6.07) is 21.5. The van der Waals surface area contributed by atoms with Gasteiger partial charge in [0.25, 0.3) is 11.8 Å². The number of carbonyl (C=O) groups is 4. The van der Waals surface area contributed by atoms with E-state index in [4.69, 9.17) is 5.73 Å². The van der Waals surface area contributed by atoms with Gasteiger partial charge in [-0.25, -0.2) is 0 Å². The predicted octanol–water partition coefficient (Wildman–Crippen LogP) is 3.61. The second kappa shape index (κ2) is 8.89. The van der Waals surface area contributed by atoms with Gasteiger partial charge in [0.05, 0.1) is 35.0 Å². The second-order valence-corrected chi connectivity index (χ2v) is 9.73. The average molecular weight is 495 g/mol. The number of fused-ring (bicyclic) bond motifs is 3. The van der Waals surface area contributed by atoms with Crippen molar-refractivity contribution in [1.82, 2.24) is 4.90 Å². The van der Waals surface area contributed by atoms with E-state index in [2.05, 4.69) is 0 Å². The monoisotopic (exact) mass is 494 g/mol. The first kappa shape index (κ1) is 23.0. The molecule has 1 saturated carbocycles. The molecule has 4 amide bonds. The van der Waals surface area contributed by atoms with Crippen molar-refractivity contribution in [3.05, 3.63) is 89.5 Å². The Hall–Kier alpha value is -4.46. The molecule has 0 radical (unpaired) electrons. The number of amides is 4. The first-order chi connectivity index (χ1) is 18.0. The van der Waals surface area contributed by atoms with Crippen molar-refractivity contribution < 1.29 is 19.2 Å². The fourth-order valence-electron chi connectivity index (χ4n) is 5.89. The van der Waals surface area contributed by atoms with Crippen LogP contribution < -0.4 is 15.5 Å². The van der Waals surface area contributed by atoms with E-state index in [1.807, 2.05) is 54.6 Å². The van der Waals surface area contributed by atoms with Crippen molar-refractivity contribution in [1.29, 1.82) is 0 Å². The maximum atomic E-state index is 13.9. The van der Waals surface area contributed by atoms with E-state index in [0.29, 0.717) is 30.8 Å². The molecule has 0 spiro atoms. The zero-order valence-corrected chi connectivity index (χ0v) is 20.2. The molecule has 3 aromatic rings. The van der Waals surface area contributed by atoms with Gasteiger partial charge in [0.15, 0.2) is 0 Å². The fourth-order valence-corrected chi connectivity index (χ4v) is 5.89. The minimum Gasteiger partial charge on any atom is -0.398 e. The van der Waals surface area contributed by atoms with Gasteiger partial charge in [-0.3, -0.25) is 24.1 Å². The van der Waals surface area contributed by atoms with Gasteiger partial charge >= 0.3 is 0 Å². The van der Waals surface area contributed by atoms with Crippen LogP contribution in [-0.2, 0) is 16.1 Å². The van der Waals surface area contributed by atoms with Crippen LogP contribution in [0, 0.1) is 5.92 Å². The molecule has 186 valence electrons. The second-order valence-electron chi connectivity index (χ2n) is 9.73.